The lowest BCUT2D eigenvalue weighted by Gasteiger charge is -2.14. The van der Waals surface area contributed by atoms with Gasteiger partial charge < -0.3 is 9.13 Å². The molecule has 2 heteroatoms. The van der Waals surface area contributed by atoms with Crippen LogP contribution in [-0.4, -0.2) is 9.13 Å². The molecule has 0 unspecified atom stereocenters. The lowest BCUT2D eigenvalue weighted by molar-refractivity contribution is 1.15. The van der Waals surface area contributed by atoms with Crippen LogP contribution in [0.1, 0.15) is 0 Å². The molecule has 0 saturated carbocycles. The second kappa shape index (κ2) is 12.6. The molecule has 0 amide bonds. The van der Waals surface area contributed by atoms with Gasteiger partial charge in [-0.1, -0.05) is 164 Å². The average Bonchev–Trinajstić information content (AvgIpc) is 3.86. The summed E-state index contributed by atoms with van der Waals surface area (Å²) in [5.41, 5.74) is 12.0. The van der Waals surface area contributed by atoms with Crippen molar-refractivity contribution in [3.63, 3.8) is 0 Å². The molecule has 0 radical (unpaired) electrons. The van der Waals surface area contributed by atoms with Gasteiger partial charge in [-0.3, -0.25) is 0 Å². The van der Waals surface area contributed by atoms with Crippen molar-refractivity contribution in [3.05, 3.63) is 218 Å². The smallest absolute Gasteiger partial charge is 0.0561 e. The first-order valence-corrected chi connectivity index (χ1v) is 22.2. The standard InChI is InChI=1S/C62H36N2/c1-2-12-45(13-3-1)63-55-15-5-4-14-49(55)50-31-26-46(36-58(50)63)64-56-32-24-43(47-27-20-41-18-16-37-8-6-10-39-22-29-51(47)61(41)59(37)39)34-53(56)54-35-44(25-33-57(54)64)48-28-21-42-19-17-38-9-7-11-40-23-30-52(48)62(42)60(38)40/h1-36H. The fourth-order valence-corrected chi connectivity index (χ4v) is 11.6. The van der Waals surface area contributed by atoms with Crippen LogP contribution >= 0.6 is 0 Å². The van der Waals surface area contributed by atoms with E-state index in [-0.39, 0.29) is 0 Å². The Hall–Kier alpha value is -8.46. The van der Waals surface area contributed by atoms with Gasteiger partial charge in [-0.2, -0.15) is 0 Å². The van der Waals surface area contributed by atoms with Gasteiger partial charge >= 0.3 is 0 Å². The SMILES string of the molecule is c1ccc(-n2c3ccccc3c3ccc(-n4c5ccc(-c6ccc7ccc8cccc9ccc6c7c89)cc5c5cc(-c6ccc7ccc8cccc9ccc6c7c89)ccc54)cc32)cc1. The van der Waals surface area contributed by atoms with Crippen molar-refractivity contribution in [3.8, 4) is 33.6 Å². The lowest BCUT2D eigenvalue weighted by atomic mass is 9.89. The van der Waals surface area contributed by atoms with Crippen LogP contribution in [-0.2, 0) is 0 Å². The van der Waals surface area contributed by atoms with Gasteiger partial charge in [0.15, 0.2) is 0 Å². The Bertz CT molecular complexity index is 4180. The van der Waals surface area contributed by atoms with E-state index in [2.05, 4.69) is 228 Å². The summed E-state index contributed by atoms with van der Waals surface area (Å²) < 4.78 is 4.90. The average molecular weight is 809 g/mol. The molecule has 0 atom stereocenters. The second-order valence-corrected chi connectivity index (χ2v) is 17.6. The number of rotatable bonds is 4. The molecule has 0 N–H and O–H groups in total. The summed E-state index contributed by atoms with van der Waals surface area (Å²) in [5.74, 6) is 0. The molecule has 2 heterocycles. The monoisotopic (exact) mass is 808 g/mol. The van der Waals surface area contributed by atoms with Crippen LogP contribution in [0.2, 0.25) is 0 Å². The molecular formula is C62H36N2. The van der Waals surface area contributed by atoms with Gasteiger partial charge in [0, 0.05) is 32.9 Å². The number of aromatic nitrogens is 2. The summed E-state index contributed by atoms with van der Waals surface area (Å²) in [6.07, 6.45) is 0. The van der Waals surface area contributed by atoms with Crippen molar-refractivity contribution in [2.75, 3.05) is 0 Å². The molecule has 15 rings (SSSR count). The third-order valence-corrected chi connectivity index (χ3v) is 14.4. The maximum atomic E-state index is 2.49. The van der Waals surface area contributed by atoms with E-state index in [9.17, 15) is 0 Å². The summed E-state index contributed by atoms with van der Waals surface area (Å²) in [5, 5.41) is 20.6. The molecule has 64 heavy (non-hydrogen) atoms. The van der Waals surface area contributed by atoms with E-state index in [0.717, 1.165) is 11.4 Å². The lowest BCUT2D eigenvalue weighted by Crippen LogP contribution is -1.97. The number of fused-ring (bicyclic) bond motifs is 6. The molecule has 0 aliphatic heterocycles. The molecule has 0 bridgehead atoms. The minimum Gasteiger partial charge on any atom is -0.309 e. The summed E-state index contributed by atoms with van der Waals surface area (Å²) in [6, 6.07) is 81.8. The van der Waals surface area contributed by atoms with Crippen LogP contribution in [0.5, 0.6) is 0 Å². The van der Waals surface area contributed by atoms with Crippen molar-refractivity contribution in [2.45, 2.75) is 0 Å². The molecule has 15 aromatic rings. The minimum atomic E-state index is 1.14. The third kappa shape index (κ3) is 4.58. The summed E-state index contributed by atoms with van der Waals surface area (Å²) in [7, 11) is 0. The maximum Gasteiger partial charge on any atom is 0.0561 e. The Morgan fingerprint density at radius 1 is 0.219 bits per heavy atom. The van der Waals surface area contributed by atoms with Gasteiger partial charge in [0.1, 0.15) is 0 Å². The van der Waals surface area contributed by atoms with E-state index in [4.69, 9.17) is 0 Å². The van der Waals surface area contributed by atoms with E-state index in [1.807, 2.05) is 0 Å². The van der Waals surface area contributed by atoms with E-state index >= 15 is 0 Å². The zero-order valence-corrected chi connectivity index (χ0v) is 34.7. The Kier molecular flexibility index (Phi) is 6.71. The Labute approximate surface area is 367 Å². The van der Waals surface area contributed by atoms with Crippen LogP contribution in [0, 0.1) is 0 Å². The third-order valence-electron chi connectivity index (χ3n) is 14.4. The van der Waals surface area contributed by atoms with Crippen LogP contribution in [0.25, 0.3) is 142 Å². The topological polar surface area (TPSA) is 9.86 Å². The highest BCUT2D eigenvalue weighted by atomic mass is 15.0. The Morgan fingerprint density at radius 3 is 1.23 bits per heavy atom. The van der Waals surface area contributed by atoms with Gasteiger partial charge in [0.2, 0.25) is 0 Å². The molecule has 0 fully saturated rings. The molecule has 0 aliphatic rings. The van der Waals surface area contributed by atoms with Crippen molar-refractivity contribution in [2.24, 2.45) is 0 Å². The van der Waals surface area contributed by atoms with Crippen molar-refractivity contribution < 1.29 is 0 Å². The zero-order valence-electron chi connectivity index (χ0n) is 34.7. The Morgan fingerprint density at radius 2 is 0.656 bits per heavy atom. The number of nitrogens with zero attached hydrogens (tertiary/aromatic N) is 2. The first kappa shape index (κ1) is 34.2. The normalized spacial score (nSPS) is 12.4. The van der Waals surface area contributed by atoms with E-state index < -0.39 is 0 Å². The fourth-order valence-electron chi connectivity index (χ4n) is 11.6. The first-order valence-electron chi connectivity index (χ1n) is 22.2. The number of hydrogen-bond donors (Lipinski definition) is 0. The summed E-state index contributed by atoms with van der Waals surface area (Å²) in [4.78, 5) is 0. The number of benzene rings is 13. The number of hydrogen-bond acceptors (Lipinski definition) is 0. The van der Waals surface area contributed by atoms with Crippen LogP contribution in [0.15, 0.2) is 218 Å². The second-order valence-electron chi connectivity index (χ2n) is 17.6. The van der Waals surface area contributed by atoms with Crippen molar-refractivity contribution >= 4 is 108 Å². The van der Waals surface area contributed by atoms with Crippen LogP contribution < -0.4 is 0 Å². The van der Waals surface area contributed by atoms with Crippen molar-refractivity contribution in [1.82, 2.24) is 9.13 Å². The molecular weight excluding hydrogens is 773 g/mol. The van der Waals surface area contributed by atoms with Gasteiger partial charge in [0.25, 0.3) is 0 Å². The van der Waals surface area contributed by atoms with Crippen LogP contribution in [0.3, 0.4) is 0 Å². The largest absolute Gasteiger partial charge is 0.309 e. The van der Waals surface area contributed by atoms with Gasteiger partial charge in [-0.25, -0.2) is 0 Å². The number of para-hydroxylation sites is 2. The van der Waals surface area contributed by atoms with Crippen molar-refractivity contribution in [1.29, 1.82) is 0 Å². The Balaban J connectivity index is 1.01. The predicted molar refractivity (Wildman–Crippen MR) is 273 cm³/mol. The molecule has 0 aliphatic carbocycles. The highest BCUT2D eigenvalue weighted by Gasteiger charge is 2.20. The summed E-state index contributed by atoms with van der Waals surface area (Å²) in [6.45, 7) is 0. The zero-order chi connectivity index (χ0) is 41.6. The predicted octanol–water partition coefficient (Wildman–Crippen LogP) is 17.0. The molecule has 2 aromatic heterocycles. The molecule has 0 spiro atoms. The maximum absolute atomic E-state index is 2.49. The summed E-state index contributed by atoms with van der Waals surface area (Å²) >= 11 is 0. The minimum absolute atomic E-state index is 1.14. The van der Waals surface area contributed by atoms with Gasteiger partial charge in [0.05, 0.1) is 22.1 Å². The molecule has 0 saturated heterocycles. The fraction of sp³-hybridized carbons (Fsp3) is 0. The van der Waals surface area contributed by atoms with E-state index in [1.165, 1.54) is 131 Å². The quantitative estimate of drug-likeness (QED) is 0.157. The first-order chi connectivity index (χ1) is 31.7. The van der Waals surface area contributed by atoms with Gasteiger partial charge in [-0.05, 0) is 141 Å². The van der Waals surface area contributed by atoms with Gasteiger partial charge in [-0.15, -0.1) is 0 Å². The highest BCUT2D eigenvalue weighted by Crippen LogP contribution is 2.45. The van der Waals surface area contributed by atoms with E-state index in [1.54, 1.807) is 0 Å². The highest BCUT2D eigenvalue weighted by molar-refractivity contribution is 6.27. The molecule has 13 aromatic carbocycles. The molecule has 294 valence electrons. The van der Waals surface area contributed by atoms with Crippen LogP contribution in [0.4, 0.5) is 0 Å². The van der Waals surface area contributed by atoms with E-state index in [0.29, 0.717) is 0 Å². The molecule has 2 nitrogen and oxygen atoms in total.